The highest BCUT2D eigenvalue weighted by atomic mass is 32.2. The number of rotatable bonds is 6. The highest BCUT2D eigenvalue weighted by Crippen LogP contribution is 2.24. The molecule has 112 valence electrons. The lowest BCUT2D eigenvalue weighted by molar-refractivity contribution is 0.225. The molecule has 1 heterocycles. The second kappa shape index (κ2) is 6.08. The molecule has 5 nitrogen and oxygen atoms in total. The monoisotopic (exact) mass is 289 g/mol. The molecule has 0 bridgehead atoms. The minimum atomic E-state index is -3.31. The fraction of sp³-hybridized carbons (Fsp3) is 1.00. The average Bonchev–Trinajstić information content (AvgIpc) is 3.19. The van der Waals surface area contributed by atoms with Crippen LogP contribution in [0.4, 0.5) is 0 Å². The van der Waals surface area contributed by atoms with Crippen LogP contribution in [0.1, 0.15) is 46.0 Å². The van der Waals surface area contributed by atoms with E-state index in [2.05, 4.69) is 5.32 Å². The fourth-order valence-electron chi connectivity index (χ4n) is 2.50. The van der Waals surface area contributed by atoms with Crippen LogP contribution in [0.2, 0.25) is 0 Å². The second-order valence-electron chi connectivity index (χ2n) is 6.06. The van der Waals surface area contributed by atoms with Gasteiger partial charge in [0.15, 0.2) is 0 Å². The van der Waals surface area contributed by atoms with Gasteiger partial charge in [-0.25, -0.2) is 0 Å². The van der Waals surface area contributed by atoms with Crippen molar-refractivity contribution >= 4 is 10.2 Å². The standard InChI is InChI=1S/C13H27N3O2S/c1-11(2)15(3)19(17,18)16-9-5-4-6-13(16)10-14-12-7-8-12/h11-14H,4-10H2,1-3H3. The molecule has 0 aromatic rings. The molecule has 0 spiro atoms. The van der Waals surface area contributed by atoms with Crippen LogP contribution >= 0.6 is 0 Å². The third-order valence-electron chi connectivity index (χ3n) is 4.18. The Kier molecular flexibility index (Phi) is 4.87. The van der Waals surface area contributed by atoms with Gasteiger partial charge in [0.1, 0.15) is 0 Å². The Morgan fingerprint density at radius 3 is 2.53 bits per heavy atom. The Bertz CT molecular complexity index is 393. The van der Waals surface area contributed by atoms with E-state index in [1.54, 1.807) is 11.4 Å². The number of nitrogens with zero attached hydrogens (tertiary/aromatic N) is 2. The summed E-state index contributed by atoms with van der Waals surface area (Å²) < 4.78 is 28.4. The quantitative estimate of drug-likeness (QED) is 0.799. The van der Waals surface area contributed by atoms with Gasteiger partial charge < -0.3 is 5.32 Å². The summed E-state index contributed by atoms with van der Waals surface area (Å²) in [5, 5.41) is 3.47. The zero-order chi connectivity index (χ0) is 14.0. The predicted octanol–water partition coefficient (Wildman–Crippen LogP) is 1.18. The highest BCUT2D eigenvalue weighted by Gasteiger charge is 2.36. The Morgan fingerprint density at radius 1 is 1.26 bits per heavy atom. The van der Waals surface area contributed by atoms with Crippen molar-refractivity contribution in [3.63, 3.8) is 0 Å². The van der Waals surface area contributed by atoms with Gasteiger partial charge >= 0.3 is 0 Å². The van der Waals surface area contributed by atoms with Crippen molar-refractivity contribution in [3.05, 3.63) is 0 Å². The van der Waals surface area contributed by atoms with Crippen LogP contribution in [0.5, 0.6) is 0 Å². The van der Waals surface area contributed by atoms with Crippen LogP contribution in [0.15, 0.2) is 0 Å². The highest BCUT2D eigenvalue weighted by molar-refractivity contribution is 7.86. The van der Waals surface area contributed by atoms with Gasteiger partial charge in [0.05, 0.1) is 0 Å². The van der Waals surface area contributed by atoms with E-state index in [1.807, 2.05) is 13.8 Å². The molecular weight excluding hydrogens is 262 g/mol. The maximum Gasteiger partial charge on any atom is 0.282 e. The van der Waals surface area contributed by atoms with Crippen molar-refractivity contribution in [1.82, 2.24) is 13.9 Å². The van der Waals surface area contributed by atoms with E-state index in [0.29, 0.717) is 12.6 Å². The summed E-state index contributed by atoms with van der Waals surface area (Å²) in [7, 11) is -1.63. The van der Waals surface area contributed by atoms with Gasteiger partial charge in [-0.05, 0) is 39.5 Å². The van der Waals surface area contributed by atoms with E-state index in [-0.39, 0.29) is 12.1 Å². The van der Waals surface area contributed by atoms with E-state index in [9.17, 15) is 8.42 Å². The third kappa shape index (κ3) is 3.68. The molecule has 1 saturated heterocycles. The molecule has 1 unspecified atom stereocenters. The van der Waals surface area contributed by atoms with E-state index < -0.39 is 10.2 Å². The van der Waals surface area contributed by atoms with Gasteiger partial charge in [-0.1, -0.05) is 6.42 Å². The van der Waals surface area contributed by atoms with Gasteiger partial charge in [-0.2, -0.15) is 17.0 Å². The normalized spacial score (nSPS) is 26.3. The maximum absolute atomic E-state index is 12.6. The molecule has 0 aromatic heterocycles. The summed E-state index contributed by atoms with van der Waals surface area (Å²) in [5.74, 6) is 0. The molecule has 1 N–H and O–H groups in total. The molecule has 0 aromatic carbocycles. The van der Waals surface area contributed by atoms with Crippen molar-refractivity contribution in [3.8, 4) is 0 Å². The first-order valence-corrected chi connectivity index (χ1v) is 8.81. The van der Waals surface area contributed by atoms with E-state index in [0.717, 1.165) is 25.8 Å². The van der Waals surface area contributed by atoms with Crippen molar-refractivity contribution in [2.45, 2.75) is 64.1 Å². The molecule has 6 heteroatoms. The Labute approximate surface area is 117 Å². The first-order valence-electron chi connectivity index (χ1n) is 7.41. The molecule has 0 radical (unpaired) electrons. The molecule has 19 heavy (non-hydrogen) atoms. The smallest absolute Gasteiger partial charge is 0.282 e. The van der Waals surface area contributed by atoms with Gasteiger partial charge in [-0.15, -0.1) is 0 Å². The summed E-state index contributed by atoms with van der Waals surface area (Å²) in [4.78, 5) is 0. The van der Waals surface area contributed by atoms with E-state index in [4.69, 9.17) is 0 Å². The minimum Gasteiger partial charge on any atom is -0.312 e. The Hall–Kier alpha value is -0.170. The topological polar surface area (TPSA) is 52.7 Å². The summed E-state index contributed by atoms with van der Waals surface area (Å²) in [6, 6.07) is 0.763. The van der Waals surface area contributed by atoms with Crippen LogP contribution in [-0.4, -0.2) is 55.3 Å². The van der Waals surface area contributed by atoms with Crippen molar-refractivity contribution in [2.24, 2.45) is 0 Å². The van der Waals surface area contributed by atoms with Crippen molar-refractivity contribution < 1.29 is 8.42 Å². The van der Waals surface area contributed by atoms with Gasteiger partial charge in [0, 0.05) is 38.3 Å². The van der Waals surface area contributed by atoms with E-state index in [1.165, 1.54) is 17.1 Å². The zero-order valence-corrected chi connectivity index (χ0v) is 13.1. The lowest BCUT2D eigenvalue weighted by Gasteiger charge is -2.38. The van der Waals surface area contributed by atoms with E-state index >= 15 is 0 Å². The first kappa shape index (κ1) is 15.2. The lowest BCUT2D eigenvalue weighted by atomic mass is 10.1. The van der Waals surface area contributed by atoms with Gasteiger partial charge in [-0.3, -0.25) is 0 Å². The fourth-order valence-corrected chi connectivity index (χ4v) is 4.28. The molecule has 1 saturated carbocycles. The number of hydrogen-bond donors (Lipinski definition) is 1. The Balaban J connectivity index is 2.04. The number of hydrogen-bond acceptors (Lipinski definition) is 3. The molecule has 2 fully saturated rings. The van der Waals surface area contributed by atoms with Crippen LogP contribution in [0, 0.1) is 0 Å². The minimum absolute atomic E-state index is 0.00367. The molecule has 1 atom stereocenters. The summed E-state index contributed by atoms with van der Waals surface area (Å²) in [6.07, 6.45) is 5.57. The predicted molar refractivity (Wildman–Crippen MR) is 77.2 cm³/mol. The molecule has 1 aliphatic carbocycles. The third-order valence-corrected chi connectivity index (χ3v) is 6.40. The second-order valence-corrected chi connectivity index (χ2v) is 8.00. The summed E-state index contributed by atoms with van der Waals surface area (Å²) >= 11 is 0. The SMILES string of the molecule is CC(C)N(C)S(=O)(=O)N1CCCCC1CNC1CC1. The van der Waals surface area contributed by atoms with Crippen LogP contribution < -0.4 is 5.32 Å². The molecular formula is C13H27N3O2S. The summed E-state index contributed by atoms with van der Waals surface area (Å²) in [5.41, 5.74) is 0. The zero-order valence-electron chi connectivity index (χ0n) is 12.3. The molecule has 1 aliphatic heterocycles. The van der Waals surface area contributed by atoms with Crippen LogP contribution in [-0.2, 0) is 10.2 Å². The Morgan fingerprint density at radius 2 is 1.95 bits per heavy atom. The average molecular weight is 289 g/mol. The van der Waals surface area contributed by atoms with Gasteiger partial charge in [0.25, 0.3) is 10.2 Å². The van der Waals surface area contributed by atoms with Crippen molar-refractivity contribution in [2.75, 3.05) is 20.1 Å². The first-order chi connectivity index (χ1) is 8.93. The molecule has 2 aliphatic rings. The van der Waals surface area contributed by atoms with Crippen LogP contribution in [0.3, 0.4) is 0 Å². The van der Waals surface area contributed by atoms with Crippen LogP contribution in [0.25, 0.3) is 0 Å². The number of piperidine rings is 1. The lowest BCUT2D eigenvalue weighted by Crippen LogP contribution is -2.54. The van der Waals surface area contributed by atoms with Crippen molar-refractivity contribution in [1.29, 1.82) is 0 Å². The van der Waals surface area contributed by atoms with Gasteiger partial charge in [0.2, 0.25) is 0 Å². The summed E-state index contributed by atoms with van der Waals surface area (Å²) in [6.45, 7) is 5.30. The molecule has 0 amide bonds. The maximum atomic E-state index is 12.6. The molecule has 2 rings (SSSR count). The number of nitrogens with one attached hydrogen (secondary N) is 1. The largest absolute Gasteiger partial charge is 0.312 e.